The van der Waals surface area contributed by atoms with Gasteiger partial charge in [-0.1, -0.05) is 18.0 Å². The van der Waals surface area contributed by atoms with E-state index in [2.05, 4.69) is 9.88 Å². The highest BCUT2D eigenvalue weighted by atomic mass is 35.5. The standard InChI is InChI=1S/C21H26ClN3O2/c22-16-9-14(11-23-12-16)15-10-21(7-8-21)24(13-15)20(27)18-6-5-17-3-1-2-4-19(26)25(17)18/h9,11-12,15,17-18H,1-8,10,13H2/t15-,17-,18-/m0/s1. The Morgan fingerprint density at radius 2 is 2.04 bits per heavy atom. The third-order valence-corrected chi connectivity index (χ3v) is 7.35. The van der Waals surface area contributed by atoms with E-state index in [1.54, 1.807) is 6.20 Å². The van der Waals surface area contributed by atoms with Gasteiger partial charge in [0, 0.05) is 42.9 Å². The fourth-order valence-corrected chi connectivity index (χ4v) is 5.80. The minimum Gasteiger partial charge on any atom is -0.335 e. The third-order valence-electron chi connectivity index (χ3n) is 7.15. The van der Waals surface area contributed by atoms with Crippen LogP contribution in [0.25, 0.3) is 0 Å². The van der Waals surface area contributed by atoms with Crippen LogP contribution in [0, 0.1) is 0 Å². The number of carbonyl (C=O) groups excluding carboxylic acids is 2. The molecule has 0 radical (unpaired) electrons. The Bertz CT molecular complexity index is 778. The average Bonchev–Trinajstić information content (AvgIpc) is 3.20. The van der Waals surface area contributed by atoms with Crippen LogP contribution in [0.2, 0.25) is 5.02 Å². The molecule has 3 aliphatic heterocycles. The van der Waals surface area contributed by atoms with Crippen LogP contribution in [-0.2, 0) is 9.59 Å². The first-order valence-electron chi connectivity index (χ1n) is 10.3. The number of nitrogens with zero attached hydrogens (tertiary/aromatic N) is 3. The number of halogens is 1. The Labute approximate surface area is 165 Å². The summed E-state index contributed by atoms with van der Waals surface area (Å²) in [5, 5.41) is 0.649. The van der Waals surface area contributed by atoms with Crippen molar-refractivity contribution in [2.24, 2.45) is 0 Å². The van der Waals surface area contributed by atoms with Crippen molar-refractivity contribution in [3.8, 4) is 0 Å². The molecule has 1 spiro atoms. The molecule has 4 fully saturated rings. The second kappa shape index (κ2) is 6.47. The zero-order valence-corrected chi connectivity index (χ0v) is 16.3. The smallest absolute Gasteiger partial charge is 0.245 e. The van der Waals surface area contributed by atoms with Gasteiger partial charge in [0.05, 0.1) is 5.02 Å². The number of hydrogen-bond acceptors (Lipinski definition) is 3. The molecule has 5 nitrogen and oxygen atoms in total. The molecule has 1 aromatic rings. The minimum absolute atomic E-state index is 0.0110. The second-order valence-corrected chi connectivity index (χ2v) is 9.24. The molecule has 0 bridgehead atoms. The van der Waals surface area contributed by atoms with Crippen LogP contribution in [0.3, 0.4) is 0 Å². The van der Waals surface area contributed by atoms with Crippen molar-refractivity contribution in [3.63, 3.8) is 0 Å². The lowest BCUT2D eigenvalue weighted by atomic mass is 9.97. The Morgan fingerprint density at radius 3 is 2.81 bits per heavy atom. The molecule has 4 heterocycles. The molecule has 1 aliphatic carbocycles. The van der Waals surface area contributed by atoms with Gasteiger partial charge in [0.2, 0.25) is 11.8 Å². The van der Waals surface area contributed by atoms with Crippen LogP contribution in [0.4, 0.5) is 0 Å². The van der Waals surface area contributed by atoms with E-state index in [-0.39, 0.29) is 29.4 Å². The fraction of sp³-hybridized carbons (Fsp3) is 0.667. The highest BCUT2D eigenvalue weighted by Gasteiger charge is 2.58. The number of likely N-dealkylation sites (tertiary alicyclic amines) is 1. The summed E-state index contributed by atoms with van der Waals surface area (Å²) in [5.41, 5.74) is 1.14. The lowest BCUT2D eigenvalue weighted by molar-refractivity contribution is -0.146. The van der Waals surface area contributed by atoms with E-state index < -0.39 is 0 Å². The van der Waals surface area contributed by atoms with Gasteiger partial charge in [-0.15, -0.1) is 0 Å². The normalized spacial score (nSPS) is 31.9. The van der Waals surface area contributed by atoms with Gasteiger partial charge in [0.15, 0.2) is 0 Å². The predicted octanol–water partition coefficient (Wildman–Crippen LogP) is 3.52. The van der Waals surface area contributed by atoms with Crippen molar-refractivity contribution in [2.45, 2.75) is 81.3 Å². The fourth-order valence-electron chi connectivity index (χ4n) is 5.62. The lowest BCUT2D eigenvalue weighted by Crippen LogP contribution is -2.51. The van der Waals surface area contributed by atoms with Crippen LogP contribution in [0.15, 0.2) is 18.5 Å². The van der Waals surface area contributed by atoms with Gasteiger partial charge >= 0.3 is 0 Å². The van der Waals surface area contributed by atoms with Crippen LogP contribution in [0.5, 0.6) is 0 Å². The molecule has 0 aromatic carbocycles. The van der Waals surface area contributed by atoms with E-state index in [0.29, 0.717) is 17.4 Å². The molecule has 0 unspecified atom stereocenters. The summed E-state index contributed by atoms with van der Waals surface area (Å²) in [5.74, 6) is 0.662. The van der Waals surface area contributed by atoms with E-state index >= 15 is 0 Å². The molecular weight excluding hydrogens is 362 g/mol. The summed E-state index contributed by atoms with van der Waals surface area (Å²) in [6, 6.07) is 2.02. The van der Waals surface area contributed by atoms with Gasteiger partial charge in [-0.3, -0.25) is 14.6 Å². The molecule has 2 amide bonds. The molecule has 27 heavy (non-hydrogen) atoms. The maximum atomic E-state index is 13.6. The first kappa shape index (κ1) is 17.5. The predicted molar refractivity (Wildman–Crippen MR) is 102 cm³/mol. The number of fused-ring (bicyclic) bond motifs is 1. The summed E-state index contributed by atoms with van der Waals surface area (Å²) >= 11 is 6.13. The van der Waals surface area contributed by atoms with Crippen molar-refractivity contribution in [1.29, 1.82) is 0 Å². The molecule has 0 N–H and O–H groups in total. The molecule has 3 saturated heterocycles. The van der Waals surface area contributed by atoms with Crippen molar-refractivity contribution < 1.29 is 9.59 Å². The van der Waals surface area contributed by atoms with E-state index in [1.807, 2.05) is 17.2 Å². The molecule has 3 atom stereocenters. The number of rotatable bonds is 2. The van der Waals surface area contributed by atoms with Gasteiger partial charge < -0.3 is 9.80 Å². The van der Waals surface area contributed by atoms with Crippen LogP contribution in [-0.4, -0.2) is 50.8 Å². The first-order chi connectivity index (χ1) is 13.1. The maximum Gasteiger partial charge on any atom is 0.245 e. The molecule has 144 valence electrons. The van der Waals surface area contributed by atoms with Gasteiger partial charge in [-0.05, 0) is 56.6 Å². The Balaban J connectivity index is 1.38. The van der Waals surface area contributed by atoms with Gasteiger partial charge in [0.1, 0.15) is 6.04 Å². The monoisotopic (exact) mass is 387 g/mol. The third kappa shape index (κ3) is 2.95. The summed E-state index contributed by atoms with van der Waals surface area (Å²) in [6.45, 7) is 0.726. The molecular formula is C21H26ClN3O2. The van der Waals surface area contributed by atoms with Gasteiger partial charge in [-0.2, -0.15) is 0 Å². The Morgan fingerprint density at radius 1 is 1.19 bits per heavy atom. The van der Waals surface area contributed by atoms with Crippen molar-refractivity contribution >= 4 is 23.4 Å². The SMILES string of the molecule is O=C1CCCC[C@H]2CC[C@@H](C(=O)N3C[C@@H](c4cncc(Cl)c4)CC34CC4)N12. The zero-order valence-electron chi connectivity index (χ0n) is 15.6. The quantitative estimate of drug-likeness (QED) is 0.780. The topological polar surface area (TPSA) is 53.5 Å². The average molecular weight is 388 g/mol. The van der Waals surface area contributed by atoms with E-state index in [0.717, 1.165) is 63.5 Å². The van der Waals surface area contributed by atoms with E-state index in [1.165, 1.54) is 0 Å². The van der Waals surface area contributed by atoms with Crippen LogP contribution < -0.4 is 0 Å². The summed E-state index contributed by atoms with van der Waals surface area (Å²) in [7, 11) is 0. The minimum atomic E-state index is -0.241. The molecule has 4 aliphatic rings. The van der Waals surface area contributed by atoms with Crippen LogP contribution in [0.1, 0.15) is 69.3 Å². The Hall–Kier alpha value is -1.62. The van der Waals surface area contributed by atoms with Gasteiger partial charge in [0.25, 0.3) is 0 Å². The van der Waals surface area contributed by atoms with Crippen LogP contribution >= 0.6 is 11.6 Å². The number of aromatic nitrogens is 1. The Kier molecular flexibility index (Phi) is 4.19. The molecule has 1 saturated carbocycles. The largest absolute Gasteiger partial charge is 0.335 e. The molecule has 6 heteroatoms. The maximum absolute atomic E-state index is 13.6. The zero-order chi connectivity index (χ0) is 18.6. The highest BCUT2D eigenvalue weighted by Crippen LogP contribution is 2.54. The number of amides is 2. The number of carbonyl (C=O) groups is 2. The highest BCUT2D eigenvalue weighted by molar-refractivity contribution is 6.30. The summed E-state index contributed by atoms with van der Waals surface area (Å²) in [6.07, 6.45) is 12.2. The van der Waals surface area contributed by atoms with E-state index in [4.69, 9.17) is 11.6 Å². The van der Waals surface area contributed by atoms with E-state index in [9.17, 15) is 9.59 Å². The summed E-state index contributed by atoms with van der Waals surface area (Å²) in [4.78, 5) is 34.5. The summed E-state index contributed by atoms with van der Waals surface area (Å²) < 4.78 is 0. The second-order valence-electron chi connectivity index (χ2n) is 8.80. The van der Waals surface area contributed by atoms with Crippen molar-refractivity contribution in [3.05, 3.63) is 29.0 Å². The van der Waals surface area contributed by atoms with Crippen molar-refractivity contribution in [2.75, 3.05) is 6.54 Å². The van der Waals surface area contributed by atoms with Crippen molar-refractivity contribution in [1.82, 2.24) is 14.8 Å². The number of pyridine rings is 1. The molecule has 5 rings (SSSR count). The number of hydrogen-bond donors (Lipinski definition) is 0. The molecule has 1 aromatic heterocycles. The lowest BCUT2D eigenvalue weighted by Gasteiger charge is -2.33. The van der Waals surface area contributed by atoms with Gasteiger partial charge in [-0.25, -0.2) is 0 Å². The first-order valence-corrected chi connectivity index (χ1v) is 10.7.